The van der Waals surface area contributed by atoms with E-state index >= 15 is 0 Å². The van der Waals surface area contributed by atoms with Crippen LogP contribution in [0.4, 0.5) is 10.5 Å². The van der Waals surface area contributed by atoms with Crippen molar-refractivity contribution in [1.82, 2.24) is 20.4 Å². The van der Waals surface area contributed by atoms with Crippen LogP contribution in [0.25, 0.3) is 0 Å². The minimum absolute atomic E-state index is 0.00525. The number of piperidine rings is 1. The van der Waals surface area contributed by atoms with Crippen LogP contribution in [0.2, 0.25) is 0 Å². The van der Waals surface area contributed by atoms with Crippen LogP contribution in [-0.4, -0.2) is 72.1 Å². The maximum atomic E-state index is 13.7. The van der Waals surface area contributed by atoms with Crippen LogP contribution in [0.5, 0.6) is 0 Å². The summed E-state index contributed by atoms with van der Waals surface area (Å²) in [5.74, 6) is -0.120. The number of nitrogens with zero attached hydrogens (tertiary/aromatic N) is 3. The molecule has 1 aliphatic carbocycles. The highest BCUT2D eigenvalue weighted by atomic mass is 16.2. The molecule has 0 aromatic heterocycles. The zero-order valence-electron chi connectivity index (χ0n) is 20.4. The molecule has 4 amide bonds. The summed E-state index contributed by atoms with van der Waals surface area (Å²) in [5.41, 5.74) is 0.261. The number of nitrogens with one attached hydrogen (secondary N) is 2. The zero-order chi connectivity index (χ0) is 24.0. The number of anilines is 1. The van der Waals surface area contributed by atoms with Crippen molar-refractivity contribution in [3.63, 3.8) is 0 Å². The number of rotatable bonds is 7. The molecular weight excluding hydrogens is 430 g/mol. The molecule has 186 valence electrons. The molecule has 0 bridgehead atoms. The summed E-state index contributed by atoms with van der Waals surface area (Å²) < 4.78 is 0. The Labute approximate surface area is 203 Å². The van der Waals surface area contributed by atoms with Gasteiger partial charge in [0.25, 0.3) is 5.91 Å². The van der Waals surface area contributed by atoms with Gasteiger partial charge in [-0.15, -0.1) is 0 Å². The van der Waals surface area contributed by atoms with Crippen molar-refractivity contribution in [3.05, 3.63) is 30.3 Å². The largest absolute Gasteiger partial charge is 0.355 e. The summed E-state index contributed by atoms with van der Waals surface area (Å²) in [4.78, 5) is 44.8. The number of urea groups is 1. The summed E-state index contributed by atoms with van der Waals surface area (Å²) in [7, 11) is 0. The number of carbonyl (C=O) groups excluding carboxylic acids is 3. The molecule has 0 radical (unpaired) electrons. The molecule has 0 unspecified atom stereocenters. The molecule has 2 saturated heterocycles. The molecule has 8 nitrogen and oxygen atoms in total. The minimum atomic E-state index is -0.716. The van der Waals surface area contributed by atoms with E-state index in [9.17, 15) is 14.4 Å². The van der Waals surface area contributed by atoms with Gasteiger partial charge in [0, 0.05) is 31.4 Å². The topological polar surface area (TPSA) is 85.0 Å². The summed E-state index contributed by atoms with van der Waals surface area (Å²) in [6.07, 6.45) is 8.78. The van der Waals surface area contributed by atoms with E-state index in [2.05, 4.69) is 22.5 Å². The van der Waals surface area contributed by atoms with Crippen molar-refractivity contribution < 1.29 is 14.4 Å². The lowest BCUT2D eigenvalue weighted by atomic mass is 9.85. The first-order valence-corrected chi connectivity index (χ1v) is 13.0. The van der Waals surface area contributed by atoms with Crippen molar-refractivity contribution in [2.24, 2.45) is 0 Å². The molecule has 3 aliphatic rings. The molecule has 1 aromatic carbocycles. The van der Waals surface area contributed by atoms with Crippen molar-refractivity contribution in [2.45, 2.75) is 76.3 Å². The first kappa shape index (κ1) is 24.4. The average molecular weight is 470 g/mol. The Morgan fingerprint density at radius 2 is 1.76 bits per heavy atom. The lowest BCUT2D eigenvalue weighted by molar-refractivity contribution is -0.137. The first-order chi connectivity index (χ1) is 16.5. The molecule has 1 spiro atoms. The van der Waals surface area contributed by atoms with E-state index in [0.29, 0.717) is 39.1 Å². The van der Waals surface area contributed by atoms with Gasteiger partial charge in [0.2, 0.25) is 5.91 Å². The second-order valence-electron chi connectivity index (χ2n) is 9.91. The van der Waals surface area contributed by atoms with Crippen LogP contribution < -0.4 is 15.5 Å². The van der Waals surface area contributed by atoms with E-state index in [4.69, 9.17) is 0 Å². The quantitative estimate of drug-likeness (QED) is 0.601. The van der Waals surface area contributed by atoms with E-state index < -0.39 is 5.54 Å². The van der Waals surface area contributed by atoms with Crippen molar-refractivity contribution in [3.8, 4) is 0 Å². The Hall–Kier alpha value is -2.77. The van der Waals surface area contributed by atoms with Crippen molar-refractivity contribution >= 4 is 23.5 Å². The van der Waals surface area contributed by atoms with Gasteiger partial charge in [-0.3, -0.25) is 9.59 Å². The number of carbonyl (C=O) groups is 3. The van der Waals surface area contributed by atoms with Crippen molar-refractivity contribution in [2.75, 3.05) is 37.7 Å². The zero-order valence-corrected chi connectivity index (χ0v) is 20.4. The second-order valence-corrected chi connectivity index (χ2v) is 9.91. The lowest BCUT2D eigenvalue weighted by Gasteiger charge is -2.43. The number of hydrogen-bond acceptors (Lipinski definition) is 4. The summed E-state index contributed by atoms with van der Waals surface area (Å²) in [6, 6.07) is 10.2. The van der Waals surface area contributed by atoms with Gasteiger partial charge < -0.3 is 25.3 Å². The van der Waals surface area contributed by atoms with E-state index in [1.54, 1.807) is 4.90 Å². The normalized spacial score (nSPS) is 20.6. The Balaban J connectivity index is 1.44. The van der Waals surface area contributed by atoms with Crippen LogP contribution in [0.1, 0.15) is 64.7 Å². The van der Waals surface area contributed by atoms with Crippen LogP contribution >= 0.6 is 0 Å². The molecule has 1 saturated carbocycles. The SMILES string of the molecule is CCCCNC(=O)CN1CN(c2ccccc2)C2(CCN(C(=O)NC3CCCCC3)CC2)C1=O. The van der Waals surface area contributed by atoms with E-state index in [1.165, 1.54) is 19.3 Å². The van der Waals surface area contributed by atoms with Crippen LogP contribution in [0.3, 0.4) is 0 Å². The fourth-order valence-corrected chi connectivity index (χ4v) is 5.55. The highest BCUT2D eigenvalue weighted by Gasteiger charge is 2.54. The monoisotopic (exact) mass is 469 g/mol. The maximum absolute atomic E-state index is 13.7. The maximum Gasteiger partial charge on any atom is 0.317 e. The van der Waals surface area contributed by atoms with Gasteiger partial charge >= 0.3 is 6.03 Å². The van der Waals surface area contributed by atoms with Gasteiger partial charge in [-0.25, -0.2) is 4.79 Å². The molecule has 1 aromatic rings. The number of likely N-dealkylation sites (tertiary alicyclic amines) is 1. The molecule has 3 fully saturated rings. The lowest BCUT2D eigenvalue weighted by Crippen LogP contribution is -2.59. The molecule has 2 aliphatic heterocycles. The molecule has 4 rings (SSSR count). The van der Waals surface area contributed by atoms with E-state index in [1.807, 2.05) is 35.2 Å². The number of amides is 4. The molecule has 0 atom stereocenters. The highest BCUT2D eigenvalue weighted by Crippen LogP contribution is 2.39. The molecule has 34 heavy (non-hydrogen) atoms. The third-order valence-electron chi connectivity index (χ3n) is 7.58. The summed E-state index contributed by atoms with van der Waals surface area (Å²) in [5, 5.41) is 6.13. The third-order valence-corrected chi connectivity index (χ3v) is 7.58. The molecular formula is C26H39N5O3. The number of unbranched alkanes of at least 4 members (excludes halogenated alkanes) is 1. The van der Waals surface area contributed by atoms with Gasteiger partial charge in [0.05, 0.1) is 6.67 Å². The van der Waals surface area contributed by atoms with Gasteiger partial charge in [0.1, 0.15) is 12.1 Å². The number of para-hydroxylation sites is 1. The van der Waals surface area contributed by atoms with Gasteiger partial charge in [-0.05, 0) is 44.2 Å². The van der Waals surface area contributed by atoms with Crippen molar-refractivity contribution in [1.29, 1.82) is 0 Å². The van der Waals surface area contributed by atoms with Crippen LogP contribution in [0, 0.1) is 0 Å². The molecule has 2 N–H and O–H groups in total. The number of benzene rings is 1. The predicted molar refractivity (Wildman–Crippen MR) is 132 cm³/mol. The smallest absolute Gasteiger partial charge is 0.317 e. The summed E-state index contributed by atoms with van der Waals surface area (Å²) >= 11 is 0. The minimum Gasteiger partial charge on any atom is -0.355 e. The van der Waals surface area contributed by atoms with Crippen LogP contribution in [-0.2, 0) is 9.59 Å². The first-order valence-electron chi connectivity index (χ1n) is 13.0. The number of hydrogen-bond donors (Lipinski definition) is 2. The Kier molecular flexibility index (Phi) is 7.95. The van der Waals surface area contributed by atoms with Gasteiger partial charge in [0.15, 0.2) is 0 Å². The highest BCUT2D eigenvalue weighted by molar-refractivity contribution is 5.96. The third kappa shape index (κ3) is 5.31. The van der Waals surface area contributed by atoms with Crippen LogP contribution in [0.15, 0.2) is 30.3 Å². The fourth-order valence-electron chi connectivity index (χ4n) is 5.55. The Bertz CT molecular complexity index is 847. The molecule has 8 heteroatoms. The van der Waals surface area contributed by atoms with E-state index in [0.717, 1.165) is 31.4 Å². The van der Waals surface area contributed by atoms with E-state index in [-0.39, 0.29) is 30.4 Å². The fraction of sp³-hybridized carbons (Fsp3) is 0.654. The summed E-state index contributed by atoms with van der Waals surface area (Å²) in [6.45, 7) is 4.24. The molecule has 2 heterocycles. The van der Waals surface area contributed by atoms with Gasteiger partial charge in [-0.2, -0.15) is 0 Å². The predicted octanol–water partition coefficient (Wildman–Crippen LogP) is 3.09. The standard InChI is InChI=1S/C26H39N5O3/c1-2-3-16-27-23(32)19-30-20-31(22-12-8-5-9-13-22)26(24(30)33)14-17-29(18-15-26)25(34)28-21-10-6-4-7-11-21/h5,8-9,12-13,21H,2-4,6-7,10-11,14-20H2,1H3,(H,27,32)(H,28,34). The Morgan fingerprint density at radius 3 is 2.44 bits per heavy atom. The average Bonchev–Trinajstić information content (AvgIpc) is 3.12. The second kappa shape index (κ2) is 11.1. The Morgan fingerprint density at radius 1 is 1.06 bits per heavy atom. The van der Waals surface area contributed by atoms with Gasteiger partial charge in [-0.1, -0.05) is 50.8 Å².